The summed E-state index contributed by atoms with van der Waals surface area (Å²) < 4.78 is 5.21. The van der Waals surface area contributed by atoms with Crippen LogP contribution < -0.4 is 5.73 Å². The van der Waals surface area contributed by atoms with E-state index in [9.17, 15) is 14.7 Å². The normalized spacial score (nSPS) is 12.6. The summed E-state index contributed by atoms with van der Waals surface area (Å²) in [6.07, 6.45) is -0.450. The summed E-state index contributed by atoms with van der Waals surface area (Å²) in [7, 11) is 1.43. The molecule has 22 heavy (non-hydrogen) atoms. The largest absolute Gasteiger partial charge is 0.480 e. The van der Waals surface area contributed by atoms with Gasteiger partial charge < -0.3 is 15.6 Å². The Morgan fingerprint density at radius 2 is 1.73 bits per heavy atom. The number of amides is 1. The van der Waals surface area contributed by atoms with E-state index in [1.54, 1.807) is 20.8 Å². The van der Waals surface area contributed by atoms with Crippen molar-refractivity contribution in [3.05, 3.63) is 35.4 Å². The van der Waals surface area contributed by atoms with Gasteiger partial charge in [0.1, 0.15) is 11.6 Å². The van der Waals surface area contributed by atoms with Crippen LogP contribution in [-0.2, 0) is 22.5 Å². The van der Waals surface area contributed by atoms with E-state index < -0.39 is 23.7 Å². The number of nitrogens with two attached hydrogens (primary N) is 1. The molecular formula is C16H24N2O4. The molecule has 1 aromatic carbocycles. The maximum absolute atomic E-state index is 12.0. The lowest BCUT2D eigenvalue weighted by Gasteiger charge is -2.28. The van der Waals surface area contributed by atoms with Gasteiger partial charge in [-0.1, -0.05) is 24.3 Å². The van der Waals surface area contributed by atoms with Gasteiger partial charge in [0.05, 0.1) is 0 Å². The Kier molecular flexibility index (Phi) is 5.93. The van der Waals surface area contributed by atoms with Gasteiger partial charge in [0, 0.05) is 20.0 Å². The number of likely N-dealkylation sites (N-methyl/N-ethyl adjacent to an activating group) is 1. The molecule has 1 amide bonds. The van der Waals surface area contributed by atoms with Gasteiger partial charge in [-0.3, -0.25) is 4.90 Å². The maximum Gasteiger partial charge on any atom is 0.410 e. The van der Waals surface area contributed by atoms with Crippen LogP contribution in [0.25, 0.3) is 0 Å². The van der Waals surface area contributed by atoms with Crippen molar-refractivity contribution in [2.75, 3.05) is 7.05 Å². The summed E-state index contributed by atoms with van der Waals surface area (Å²) >= 11 is 0. The lowest BCUT2D eigenvalue weighted by molar-refractivity contribution is -0.142. The van der Waals surface area contributed by atoms with Crippen LogP contribution in [0, 0.1) is 0 Å². The number of ether oxygens (including phenoxy) is 1. The molecule has 0 aliphatic heterocycles. The van der Waals surface area contributed by atoms with Crippen molar-refractivity contribution < 1.29 is 19.4 Å². The molecule has 1 atom stereocenters. The lowest BCUT2D eigenvalue weighted by atomic mass is 10.0. The first-order chi connectivity index (χ1) is 10.1. The van der Waals surface area contributed by atoms with Gasteiger partial charge in [0.2, 0.25) is 0 Å². The second-order valence-corrected chi connectivity index (χ2v) is 6.17. The second kappa shape index (κ2) is 7.26. The highest BCUT2D eigenvalue weighted by Gasteiger charge is 2.30. The first-order valence-corrected chi connectivity index (χ1v) is 7.10. The van der Waals surface area contributed by atoms with Crippen LogP contribution in [0.1, 0.15) is 31.9 Å². The second-order valence-electron chi connectivity index (χ2n) is 6.17. The highest BCUT2D eigenvalue weighted by Crippen LogP contribution is 2.14. The Hall–Kier alpha value is -2.08. The summed E-state index contributed by atoms with van der Waals surface area (Å²) in [5.41, 5.74) is 6.65. The molecule has 0 unspecified atom stereocenters. The molecule has 0 saturated carbocycles. The van der Waals surface area contributed by atoms with Crippen molar-refractivity contribution in [2.45, 2.75) is 45.4 Å². The zero-order valence-electron chi connectivity index (χ0n) is 13.5. The third kappa shape index (κ3) is 5.37. The number of aliphatic carboxylic acids is 1. The molecule has 0 spiro atoms. The molecule has 3 N–H and O–H groups in total. The monoisotopic (exact) mass is 308 g/mol. The number of carboxylic acids is 1. The van der Waals surface area contributed by atoms with E-state index in [0.717, 1.165) is 16.0 Å². The van der Waals surface area contributed by atoms with Crippen LogP contribution >= 0.6 is 0 Å². The number of carbonyl (C=O) groups is 2. The molecule has 0 aliphatic carbocycles. The Morgan fingerprint density at radius 1 is 1.23 bits per heavy atom. The molecule has 0 aromatic heterocycles. The third-order valence-electron chi connectivity index (χ3n) is 3.12. The van der Waals surface area contributed by atoms with Gasteiger partial charge >= 0.3 is 12.1 Å². The van der Waals surface area contributed by atoms with Gasteiger partial charge in [-0.05, 0) is 31.9 Å². The highest BCUT2D eigenvalue weighted by atomic mass is 16.6. The van der Waals surface area contributed by atoms with E-state index in [0.29, 0.717) is 6.54 Å². The van der Waals surface area contributed by atoms with Gasteiger partial charge in [0.15, 0.2) is 0 Å². The van der Waals surface area contributed by atoms with E-state index in [-0.39, 0.29) is 6.42 Å². The van der Waals surface area contributed by atoms with Crippen molar-refractivity contribution >= 4 is 12.1 Å². The van der Waals surface area contributed by atoms with E-state index in [4.69, 9.17) is 10.5 Å². The van der Waals surface area contributed by atoms with Crippen molar-refractivity contribution in [1.29, 1.82) is 0 Å². The smallest absolute Gasteiger partial charge is 0.410 e. The topological polar surface area (TPSA) is 92.9 Å². The van der Waals surface area contributed by atoms with Gasteiger partial charge in [0.25, 0.3) is 0 Å². The maximum atomic E-state index is 12.0. The van der Waals surface area contributed by atoms with E-state index >= 15 is 0 Å². The molecule has 0 fully saturated rings. The predicted octanol–water partition coefficient (Wildman–Crippen LogP) is 2.01. The molecule has 0 aliphatic rings. The van der Waals surface area contributed by atoms with Gasteiger partial charge in [-0.2, -0.15) is 0 Å². The molecule has 6 nitrogen and oxygen atoms in total. The molecular weight excluding hydrogens is 284 g/mol. The number of hydrogen-bond acceptors (Lipinski definition) is 4. The number of carbonyl (C=O) groups excluding carboxylic acids is 1. The average molecular weight is 308 g/mol. The average Bonchev–Trinajstić information content (AvgIpc) is 2.42. The number of rotatable bonds is 5. The summed E-state index contributed by atoms with van der Waals surface area (Å²) in [6.45, 7) is 5.64. The van der Waals surface area contributed by atoms with Crippen LogP contribution in [0.3, 0.4) is 0 Å². The highest BCUT2D eigenvalue weighted by molar-refractivity contribution is 5.80. The number of benzene rings is 1. The zero-order valence-corrected chi connectivity index (χ0v) is 13.5. The van der Waals surface area contributed by atoms with Gasteiger partial charge in [-0.25, -0.2) is 9.59 Å². The fourth-order valence-corrected chi connectivity index (χ4v) is 1.89. The van der Waals surface area contributed by atoms with Crippen LogP contribution in [0.15, 0.2) is 24.3 Å². The summed E-state index contributed by atoms with van der Waals surface area (Å²) in [6, 6.07) is 6.35. The summed E-state index contributed by atoms with van der Waals surface area (Å²) in [5, 5.41) is 9.38. The number of hydrogen-bond donors (Lipinski definition) is 2. The zero-order chi connectivity index (χ0) is 16.9. The fourth-order valence-electron chi connectivity index (χ4n) is 1.89. The van der Waals surface area contributed by atoms with Crippen LogP contribution in [0.4, 0.5) is 4.79 Å². The number of carboxylic acid groups (broad SMARTS) is 1. The summed E-state index contributed by atoms with van der Waals surface area (Å²) in [4.78, 5) is 24.6. The van der Waals surface area contributed by atoms with Gasteiger partial charge in [-0.15, -0.1) is 0 Å². The Balaban J connectivity index is 2.84. The fraction of sp³-hybridized carbons (Fsp3) is 0.500. The van der Waals surface area contributed by atoms with Crippen LogP contribution in [-0.4, -0.2) is 40.8 Å². The molecule has 0 saturated heterocycles. The van der Waals surface area contributed by atoms with Crippen LogP contribution in [0.5, 0.6) is 0 Å². The van der Waals surface area contributed by atoms with Crippen LogP contribution in [0.2, 0.25) is 0 Å². The first kappa shape index (κ1) is 18.0. The predicted molar refractivity (Wildman–Crippen MR) is 83.5 cm³/mol. The SMILES string of the molecule is CN(C(=O)OC(C)(C)C)[C@@H](Cc1ccc(CN)cc1)C(=O)O. The first-order valence-electron chi connectivity index (χ1n) is 7.10. The standard InChI is InChI=1S/C16H24N2O4/c1-16(2,3)22-15(21)18(4)13(14(19)20)9-11-5-7-12(10-17)8-6-11/h5-8,13H,9-10,17H2,1-4H3,(H,19,20)/t13-/m0/s1. The molecule has 0 bridgehead atoms. The number of nitrogens with zero attached hydrogens (tertiary/aromatic N) is 1. The molecule has 6 heteroatoms. The van der Waals surface area contributed by atoms with Crippen molar-refractivity contribution in [2.24, 2.45) is 5.73 Å². The van der Waals surface area contributed by atoms with E-state index in [1.807, 2.05) is 24.3 Å². The Morgan fingerprint density at radius 3 is 2.14 bits per heavy atom. The third-order valence-corrected chi connectivity index (χ3v) is 3.12. The molecule has 0 radical (unpaired) electrons. The Bertz CT molecular complexity index is 520. The molecule has 1 rings (SSSR count). The van der Waals surface area contributed by atoms with Crippen molar-refractivity contribution in [3.63, 3.8) is 0 Å². The minimum absolute atomic E-state index is 0.204. The van der Waals surface area contributed by atoms with E-state index in [1.165, 1.54) is 7.05 Å². The van der Waals surface area contributed by atoms with E-state index in [2.05, 4.69) is 0 Å². The van der Waals surface area contributed by atoms with Crippen molar-refractivity contribution in [1.82, 2.24) is 4.90 Å². The lowest BCUT2D eigenvalue weighted by Crippen LogP contribution is -2.46. The Labute approximate surface area is 130 Å². The molecule has 1 aromatic rings. The summed E-state index contributed by atoms with van der Waals surface area (Å²) in [5.74, 6) is -1.07. The quantitative estimate of drug-likeness (QED) is 0.868. The van der Waals surface area contributed by atoms with Crippen molar-refractivity contribution in [3.8, 4) is 0 Å². The minimum atomic E-state index is -1.07. The minimum Gasteiger partial charge on any atom is -0.480 e. The molecule has 122 valence electrons. The molecule has 0 heterocycles.